The van der Waals surface area contributed by atoms with E-state index in [1.54, 1.807) is 11.1 Å². The Morgan fingerprint density at radius 3 is 2.61 bits per heavy atom. The van der Waals surface area contributed by atoms with Crippen molar-refractivity contribution in [2.24, 2.45) is 0 Å². The molecule has 1 aromatic rings. The Morgan fingerprint density at radius 1 is 1.17 bits per heavy atom. The van der Waals surface area contributed by atoms with Gasteiger partial charge in [0.1, 0.15) is 5.69 Å². The molecule has 2 fully saturated rings. The van der Waals surface area contributed by atoms with Crippen LogP contribution in [-0.4, -0.2) is 54.4 Å². The molecular weight excluding hydrogens is 292 g/mol. The minimum Gasteiger partial charge on any atom is -0.368 e. The molecule has 2 amide bonds. The molecule has 6 heteroatoms. The van der Waals surface area contributed by atoms with Gasteiger partial charge in [0, 0.05) is 44.1 Å². The topological polar surface area (TPSA) is 65.5 Å². The number of rotatable bonds is 4. The van der Waals surface area contributed by atoms with Gasteiger partial charge in [-0.3, -0.25) is 14.6 Å². The normalized spacial score (nSPS) is 19.5. The van der Waals surface area contributed by atoms with Crippen molar-refractivity contribution in [3.8, 4) is 0 Å². The molecule has 1 aromatic heterocycles. The second-order valence-corrected chi connectivity index (χ2v) is 6.34. The maximum atomic E-state index is 12.4. The lowest BCUT2D eigenvalue weighted by atomic mass is 9.95. The molecule has 3 rings (SSSR count). The molecule has 23 heavy (non-hydrogen) atoms. The summed E-state index contributed by atoms with van der Waals surface area (Å²) in [5.74, 6) is -0.0784. The van der Waals surface area contributed by atoms with Crippen molar-refractivity contribution in [3.05, 3.63) is 24.0 Å². The van der Waals surface area contributed by atoms with Crippen LogP contribution in [0, 0.1) is 0 Å². The summed E-state index contributed by atoms with van der Waals surface area (Å²) in [5.41, 5.74) is 1.48. The van der Waals surface area contributed by atoms with Gasteiger partial charge in [0.15, 0.2) is 0 Å². The van der Waals surface area contributed by atoms with Crippen molar-refractivity contribution in [2.75, 3.05) is 31.1 Å². The Balaban J connectivity index is 1.62. The van der Waals surface area contributed by atoms with Crippen molar-refractivity contribution in [1.82, 2.24) is 15.2 Å². The summed E-state index contributed by atoms with van der Waals surface area (Å²) in [4.78, 5) is 31.4. The molecule has 1 aliphatic heterocycles. The van der Waals surface area contributed by atoms with Crippen LogP contribution in [0.5, 0.6) is 0 Å². The lowest BCUT2D eigenvalue weighted by molar-refractivity contribution is -0.118. The minimum atomic E-state index is -0.0784. The first kappa shape index (κ1) is 15.8. The molecule has 124 valence electrons. The van der Waals surface area contributed by atoms with E-state index in [1.165, 1.54) is 19.3 Å². The average Bonchev–Trinajstić information content (AvgIpc) is 2.63. The highest BCUT2D eigenvalue weighted by molar-refractivity contribution is 5.93. The maximum absolute atomic E-state index is 12.4. The fraction of sp³-hybridized carbons (Fsp3) is 0.588. The molecule has 0 aromatic carbocycles. The SMILES string of the molecule is O=CN1CCN(c2ccnc(C(=O)NC3CCCCC3)c2)CC1. The van der Waals surface area contributed by atoms with Crippen molar-refractivity contribution in [2.45, 2.75) is 38.1 Å². The van der Waals surface area contributed by atoms with Crippen molar-refractivity contribution >= 4 is 18.0 Å². The zero-order chi connectivity index (χ0) is 16.1. The van der Waals surface area contributed by atoms with Crippen molar-refractivity contribution < 1.29 is 9.59 Å². The predicted octanol–water partition coefficient (Wildman–Crippen LogP) is 1.42. The zero-order valence-electron chi connectivity index (χ0n) is 13.4. The summed E-state index contributed by atoms with van der Waals surface area (Å²) in [5, 5.41) is 3.11. The standard InChI is InChI=1S/C17H24N4O2/c22-13-20-8-10-21(11-9-20)15-6-7-18-16(12-15)17(23)19-14-4-2-1-3-5-14/h6-7,12-14H,1-5,8-11H2,(H,19,23). The number of nitrogens with one attached hydrogen (secondary N) is 1. The summed E-state index contributed by atoms with van der Waals surface area (Å²) in [6, 6.07) is 4.07. The number of amides is 2. The summed E-state index contributed by atoms with van der Waals surface area (Å²) < 4.78 is 0. The summed E-state index contributed by atoms with van der Waals surface area (Å²) in [6.07, 6.45) is 8.38. The molecule has 0 atom stereocenters. The first-order chi connectivity index (χ1) is 11.3. The number of hydrogen-bond acceptors (Lipinski definition) is 4. The van der Waals surface area contributed by atoms with Crippen LogP contribution >= 0.6 is 0 Å². The second kappa shape index (κ2) is 7.44. The fourth-order valence-electron chi connectivity index (χ4n) is 3.33. The molecule has 2 heterocycles. The number of hydrogen-bond donors (Lipinski definition) is 1. The van der Waals surface area contributed by atoms with Gasteiger partial charge in [0.25, 0.3) is 5.91 Å². The molecule has 1 saturated heterocycles. The number of carbonyl (C=O) groups excluding carboxylic acids is 2. The van der Waals surface area contributed by atoms with Gasteiger partial charge in [-0.2, -0.15) is 0 Å². The van der Waals surface area contributed by atoms with E-state index >= 15 is 0 Å². The van der Waals surface area contributed by atoms with E-state index in [9.17, 15) is 9.59 Å². The third-order valence-electron chi connectivity index (χ3n) is 4.75. The monoisotopic (exact) mass is 316 g/mol. The Morgan fingerprint density at radius 2 is 1.91 bits per heavy atom. The smallest absolute Gasteiger partial charge is 0.270 e. The van der Waals surface area contributed by atoms with Gasteiger partial charge in [0.2, 0.25) is 6.41 Å². The highest BCUT2D eigenvalue weighted by Gasteiger charge is 2.20. The van der Waals surface area contributed by atoms with E-state index in [0.29, 0.717) is 5.69 Å². The Bertz CT molecular complexity index is 549. The highest BCUT2D eigenvalue weighted by atomic mass is 16.2. The van der Waals surface area contributed by atoms with Crippen LogP contribution in [0.3, 0.4) is 0 Å². The number of pyridine rings is 1. The molecule has 0 radical (unpaired) electrons. The van der Waals surface area contributed by atoms with Gasteiger partial charge in [-0.15, -0.1) is 0 Å². The minimum absolute atomic E-state index is 0.0784. The summed E-state index contributed by atoms with van der Waals surface area (Å²) >= 11 is 0. The average molecular weight is 316 g/mol. The van der Waals surface area contributed by atoms with Crippen LogP contribution < -0.4 is 10.2 Å². The van der Waals surface area contributed by atoms with E-state index in [1.807, 2.05) is 12.1 Å². The van der Waals surface area contributed by atoms with E-state index in [-0.39, 0.29) is 11.9 Å². The van der Waals surface area contributed by atoms with E-state index in [4.69, 9.17) is 0 Å². The lowest BCUT2D eigenvalue weighted by Gasteiger charge is -2.34. The van der Waals surface area contributed by atoms with Gasteiger partial charge < -0.3 is 15.1 Å². The molecular formula is C17H24N4O2. The molecule has 1 N–H and O–H groups in total. The van der Waals surface area contributed by atoms with E-state index in [0.717, 1.165) is 51.1 Å². The van der Waals surface area contributed by atoms with Crippen molar-refractivity contribution in [3.63, 3.8) is 0 Å². The Kier molecular flexibility index (Phi) is 5.10. The van der Waals surface area contributed by atoms with E-state index in [2.05, 4.69) is 15.2 Å². The largest absolute Gasteiger partial charge is 0.368 e. The van der Waals surface area contributed by atoms with Crippen LogP contribution in [0.25, 0.3) is 0 Å². The molecule has 1 aliphatic carbocycles. The van der Waals surface area contributed by atoms with Gasteiger partial charge in [-0.1, -0.05) is 19.3 Å². The van der Waals surface area contributed by atoms with Crippen LogP contribution in [-0.2, 0) is 4.79 Å². The maximum Gasteiger partial charge on any atom is 0.270 e. The first-order valence-electron chi connectivity index (χ1n) is 8.47. The molecule has 2 aliphatic rings. The molecule has 1 saturated carbocycles. The third-order valence-corrected chi connectivity index (χ3v) is 4.75. The van der Waals surface area contributed by atoms with Crippen LogP contribution in [0.1, 0.15) is 42.6 Å². The number of anilines is 1. The highest BCUT2D eigenvalue weighted by Crippen LogP contribution is 2.19. The van der Waals surface area contributed by atoms with Crippen molar-refractivity contribution in [1.29, 1.82) is 0 Å². The predicted molar refractivity (Wildman–Crippen MR) is 88.4 cm³/mol. The lowest BCUT2D eigenvalue weighted by Crippen LogP contribution is -2.45. The Hall–Kier alpha value is -2.11. The molecule has 0 bridgehead atoms. The first-order valence-corrected chi connectivity index (χ1v) is 8.47. The Labute approximate surface area is 136 Å². The van der Waals surface area contributed by atoms with Gasteiger partial charge in [-0.05, 0) is 25.0 Å². The van der Waals surface area contributed by atoms with Gasteiger partial charge >= 0.3 is 0 Å². The fourth-order valence-corrected chi connectivity index (χ4v) is 3.33. The van der Waals surface area contributed by atoms with Crippen LogP contribution in [0.2, 0.25) is 0 Å². The van der Waals surface area contributed by atoms with Crippen LogP contribution in [0.4, 0.5) is 5.69 Å². The third kappa shape index (κ3) is 4.00. The van der Waals surface area contributed by atoms with E-state index < -0.39 is 0 Å². The zero-order valence-corrected chi connectivity index (χ0v) is 13.4. The number of piperazine rings is 1. The molecule has 0 spiro atoms. The number of aromatic nitrogens is 1. The number of nitrogens with zero attached hydrogens (tertiary/aromatic N) is 3. The molecule has 6 nitrogen and oxygen atoms in total. The van der Waals surface area contributed by atoms with Gasteiger partial charge in [-0.25, -0.2) is 0 Å². The number of carbonyl (C=O) groups is 2. The second-order valence-electron chi connectivity index (χ2n) is 6.34. The quantitative estimate of drug-likeness (QED) is 0.853. The van der Waals surface area contributed by atoms with Crippen LogP contribution in [0.15, 0.2) is 18.3 Å². The summed E-state index contributed by atoms with van der Waals surface area (Å²) in [6.45, 7) is 3.00. The summed E-state index contributed by atoms with van der Waals surface area (Å²) in [7, 11) is 0. The van der Waals surface area contributed by atoms with Gasteiger partial charge in [0.05, 0.1) is 0 Å². The molecule has 0 unspecified atom stereocenters.